The molecule has 2 amide bonds. The molecule has 1 aromatic carbocycles. The van der Waals surface area contributed by atoms with E-state index in [0.717, 1.165) is 49.6 Å². The highest BCUT2D eigenvalue weighted by molar-refractivity contribution is 8.00. The van der Waals surface area contributed by atoms with Crippen molar-refractivity contribution in [3.63, 3.8) is 0 Å². The molecule has 1 saturated heterocycles. The maximum absolute atomic E-state index is 12.8. The number of carbonyl (C=O) groups excluding carboxylic acids is 2. The summed E-state index contributed by atoms with van der Waals surface area (Å²) in [6, 6.07) is 7.17. The van der Waals surface area contributed by atoms with Crippen LogP contribution in [0.4, 0.5) is 5.69 Å². The largest absolute Gasteiger partial charge is 0.352 e. The third-order valence-electron chi connectivity index (χ3n) is 5.97. The Morgan fingerprint density at radius 1 is 1.03 bits per heavy atom. The first-order chi connectivity index (χ1) is 14.2. The summed E-state index contributed by atoms with van der Waals surface area (Å²) in [5.41, 5.74) is 1.37. The molecule has 0 bridgehead atoms. The van der Waals surface area contributed by atoms with Crippen LogP contribution in [0.3, 0.4) is 0 Å². The molecule has 1 saturated carbocycles. The molecule has 1 heterocycles. The summed E-state index contributed by atoms with van der Waals surface area (Å²) < 4.78 is 0. The van der Waals surface area contributed by atoms with Gasteiger partial charge in [0.05, 0.1) is 0 Å². The van der Waals surface area contributed by atoms with Gasteiger partial charge in [0.2, 0.25) is 5.91 Å². The highest BCUT2D eigenvalue weighted by Gasteiger charge is 2.33. The van der Waals surface area contributed by atoms with Gasteiger partial charge in [-0.25, -0.2) is 4.84 Å². The molecule has 3 rings (SSSR count). The van der Waals surface area contributed by atoms with Gasteiger partial charge in [0.1, 0.15) is 0 Å². The Bertz CT molecular complexity index is 665. The average Bonchev–Trinajstić information content (AvgIpc) is 3.29. The zero-order valence-electron chi connectivity index (χ0n) is 16.9. The molecule has 1 aromatic rings. The number of rotatable bonds is 9. The van der Waals surface area contributed by atoms with E-state index in [4.69, 9.17) is 11.8 Å². The van der Waals surface area contributed by atoms with Crippen molar-refractivity contribution in [1.29, 1.82) is 0 Å². The number of anilines is 1. The number of thioether (sulfide) groups is 1. The van der Waals surface area contributed by atoms with Crippen molar-refractivity contribution in [3.8, 4) is 0 Å². The van der Waals surface area contributed by atoms with E-state index in [9.17, 15) is 9.59 Å². The quantitative estimate of drug-likeness (QED) is 0.390. The zero-order valence-corrected chi connectivity index (χ0v) is 18.5. The van der Waals surface area contributed by atoms with E-state index in [0.29, 0.717) is 18.0 Å². The molecule has 29 heavy (non-hydrogen) atoms. The average molecular weight is 438 g/mol. The van der Waals surface area contributed by atoms with E-state index in [1.54, 1.807) is 12.1 Å². The van der Waals surface area contributed by atoms with Gasteiger partial charge in [-0.1, -0.05) is 6.42 Å². The zero-order chi connectivity index (χ0) is 20.5. The molecule has 0 spiro atoms. The van der Waals surface area contributed by atoms with Crippen LogP contribution in [0.1, 0.15) is 61.7 Å². The lowest BCUT2D eigenvalue weighted by Crippen LogP contribution is -2.31. The number of unbranched alkanes of at least 4 members (excludes halogenated alkanes) is 1. The van der Waals surface area contributed by atoms with E-state index in [2.05, 4.69) is 27.2 Å². The highest BCUT2D eigenvalue weighted by Crippen LogP contribution is 2.41. The fraction of sp³-hybridized carbons (Fsp3) is 0.636. The summed E-state index contributed by atoms with van der Waals surface area (Å²) in [7, 11) is 0. The lowest BCUT2D eigenvalue weighted by molar-refractivity contribution is -0.121. The number of benzene rings is 1. The van der Waals surface area contributed by atoms with E-state index < -0.39 is 0 Å². The Morgan fingerprint density at radius 3 is 2.55 bits per heavy atom. The van der Waals surface area contributed by atoms with Gasteiger partial charge in [0.25, 0.3) is 5.91 Å². The molecule has 5 nitrogen and oxygen atoms in total. The molecular formula is C22H32ClN3O2S. The van der Waals surface area contributed by atoms with Gasteiger partial charge in [-0.3, -0.25) is 9.59 Å². The number of hydrogen-bond donors (Lipinski definition) is 3. The monoisotopic (exact) mass is 437 g/mol. The Hall–Kier alpha value is -1.24. The van der Waals surface area contributed by atoms with Gasteiger partial charge < -0.3 is 10.6 Å². The van der Waals surface area contributed by atoms with Gasteiger partial charge in [-0.2, -0.15) is 11.8 Å². The molecule has 2 aliphatic rings. The molecule has 160 valence electrons. The lowest BCUT2D eigenvalue weighted by atomic mass is 9.78. The maximum Gasteiger partial charge on any atom is 0.251 e. The van der Waals surface area contributed by atoms with Crippen molar-refractivity contribution in [1.82, 2.24) is 10.2 Å². The fourth-order valence-corrected chi connectivity index (χ4v) is 5.97. The van der Waals surface area contributed by atoms with Crippen LogP contribution in [-0.4, -0.2) is 35.9 Å². The number of halogens is 1. The first-order valence-electron chi connectivity index (χ1n) is 10.8. The smallest absolute Gasteiger partial charge is 0.251 e. The second-order valence-corrected chi connectivity index (χ2v) is 9.70. The van der Waals surface area contributed by atoms with Crippen molar-refractivity contribution in [2.75, 3.05) is 24.2 Å². The predicted octanol–water partition coefficient (Wildman–Crippen LogP) is 4.58. The van der Waals surface area contributed by atoms with E-state index in [1.807, 2.05) is 12.1 Å². The van der Waals surface area contributed by atoms with Crippen LogP contribution >= 0.6 is 23.5 Å². The minimum absolute atomic E-state index is 0.0918. The highest BCUT2D eigenvalue weighted by atomic mass is 35.5. The number of amides is 2. The number of nitrogens with one attached hydrogen (secondary N) is 3. The lowest BCUT2D eigenvalue weighted by Gasteiger charge is -2.31. The summed E-state index contributed by atoms with van der Waals surface area (Å²) in [5.74, 6) is 2.12. The Kier molecular flexibility index (Phi) is 9.15. The van der Waals surface area contributed by atoms with Crippen molar-refractivity contribution < 1.29 is 9.59 Å². The third kappa shape index (κ3) is 6.90. The van der Waals surface area contributed by atoms with Crippen LogP contribution in [0.5, 0.6) is 0 Å². The van der Waals surface area contributed by atoms with Gasteiger partial charge in [0, 0.05) is 35.5 Å². The number of carbonyl (C=O) groups is 2. The molecule has 3 atom stereocenters. The standard InChI is InChI=1S/C22H32ClN3O2S/c23-25-13-2-1-12-24-21(27)16-8-10-19(11-9-16)26-22(28)18-6-3-5-17(15-18)20-7-4-14-29-20/h8-11,17-18,20,25H,1-7,12-15H2,(H,24,27)(H,26,28). The topological polar surface area (TPSA) is 70.2 Å². The van der Waals surface area contributed by atoms with Gasteiger partial charge >= 0.3 is 0 Å². The van der Waals surface area contributed by atoms with Gasteiger partial charge in [-0.05, 0) is 92.7 Å². The van der Waals surface area contributed by atoms with Crippen LogP contribution in [-0.2, 0) is 4.79 Å². The first kappa shape index (κ1) is 22.4. The number of hydrogen-bond acceptors (Lipinski definition) is 4. The molecular weight excluding hydrogens is 406 g/mol. The Labute approximate surface area is 183 Å². The van der Waals surface area contributed by atoms with Crippen molar-refractivity contribution in [2.45, 2.75) is 56.6 Å². The minimum atomic E-state index is -0.0918. The molecule has 0 aromatic heterocycles. The second kappa shape index (κ2) is 11.8. The summed E-state index contributed by atoms with van der Waals surface area (Å²) in [6.45, 7) is 1.35. The van der Waals surface area contributed by atoms with E-state index in [-0.39, 0.29) is 17.7 Å². The van der Waals surface area contributed by atoms with Crippen LogP contribution in [0.2, 0.25) is 0 Å². The summed E-state index contributed by atoms with van der Waals surface area (Å²) in [4.78, 5) is 27.5. The Balaban J connectivity index is 1.45. The fourth-order valence-electron chi connectivity index (χ4n) is 4.35. The van der Waals surface area contributed by atoms with Gasteiger partial charge in [-0.15, -0.1) is 0 Å². The van der Waals surface area contributed by atoms with Crippen LogP contribution in [0.25, 0.3) is 0 Å². The molecule has 1 aliphatic heterocycles. The molecule has 7 heteroatoms. The van der Waals surface area contributed by atoms with Crippen LogP contribution < -0.4 is 15.5 Å². The van der Waals surface area contributed by atoms with Crippen molar-refractivity contribution in [3.05, 3.63) is 29.8 Å². The first-order valence-corrected chi connectivity index (χ1v) is 12.2. The van der Waals surface area contributed by atoms with Crippen molar-refractivity contribution >= 4 is 41.0 Å². The molecule has 3 unspecified atom stereocenters. The summed E-state index contributed by atoms with van der Waals surface area (Å²) in [6.07, 6.45) is 8.86. The maximum atomic E-state index is 12.8. The van der Waals surface area contributed by atoms with Crippen LogP contribution in [0.15, 0.2) is 24.3 Å². The predicted molar refractivity (Wildman–Crippen MR) is 121 cm³/mol. The van der Waals surface area contributed by atoms with Crippen molar-refractivity contribution in [2.24, 2.45) is 11.8 Å². The van der Waals surface area contributed by atoms with Crippen LogP contribution in [0, 0.1) is 11.8 Å². The molecule has 3 N–H and O–H groups in total. The van der Waals surface area contributed by atoms with E-state index >= 15 is 0 Å². The van der Waals surface area contributed by atoms with E-state index in [1.165, 1.54) is 25.0 Å². The Morgan fingerprint density at radius 2 is 1.83 bits per heavy atom. The summed E-state index contributed by atoms with van der Waals surface area (Å²) >= 11 is 7.51. The third-order valence-corrected chi connectivity index (χ3v) is 7.74. The second-order valence-electron chi connectivity index (χ2n) is 8.09. The summed E-state index contributed by atoms with van der Waals surface area (Å²) in [5, 5.41) is 6.72. The molecule has 1 aliphatic carbocycles. The molecule has 0 radical (unpaired) electrons. The normalized spacial score (nSPS) is 24.2. The van der Waals surface area contributed by atoms with Gasteiger partial charge in [0.15, 0.2) is 0 Å². The molecule has 2 fully saturated rings. The minimum Gasteiger partial charge on any atom is -0.352 e. The SMILES string of the molecule is O=C(NCCCCNCl)c1ccc(NC(=O)C2CCCC(C3CCCS3)C2)cc1.